The Hall–Kier alpha value is -1.80. The molecule has 35 heavy (non-hydrogen) atoms. The standard InChI is InChI=1S/C28H46N6S/c1-5-9-17-30-33(19-11-7-3)22-13-15-24-26(20-22)35-27-21-23(14-16-25(27)32-24)34(28(29)12-8-4)31-18-10-6-2/h13-15,20-21,28,30-31H,5-12,16-19,29H2,1-4H3. The van der Waals surface area contributed by atoms with Gasteiger partial charge in [0.2, 0.25) is 0 Å². The maximum absolute atomic E-state index is 6.57. The van der Waals surface area contributed by atoms with Gasteiger partial charge in [0.15, 0.2) is 0 Å². The zero-order valence-corrected chi connectivity index (χ0v) is 23.1. The van der Waals surface area contributed by atoms with E-state index in [2.05, 4.69) is 78.9 Å². The molecule has 0 bridgehead atoms. The van der Waals surface area contributed by atoms with Crippen LogP contribution in [0.15, 0.2) is 50.8 Å². The molecule has 4 N–H and O–H groups in total. The maximum atomic E-state index is 6.57. The van der Waals surface area contributed by atoms with E-state index in [1.54, 1.807) is 0 Å². The Kier molecular flexibility index (Phi) is 11.7. The Bertz CT molecular complexity index is 893. The number of hydrogen-bond donors (Lipinski definition) is 3. The van der Waals surface area contributed by atoms with Gasteiger partial charge >= 0.3 is 0 Å². The Balaban J connectivity index is 1.80. The highest BCUT2D eigenvalue weighted by molar-refractivity contribution is 8.04. The number of thioether (sulfide) groups is 1. The predicted molar refractivity (Wildman–Crippen MR) is 153 cm³/mol. The van der Waals surface area contributed by atoms with Crippen molar-refractivity contribution in [2.24, 2.45) is 10.7 Å². The summed E-state index contributed by atoms with van der Waals surface area (Å²) in [6.45, 7) is 11.8. The van der Waals surface area contributed by atoms with Gasteiger partial charge in [-0.1, -0.05) is 71.2 Å². The van der Waals surface area contributed by atoms with Gasteiger partial charge in [-0.3, -0.25) is 10.0 Å². The number of hydrazine groups is 2. The lowest BCUT2D eigenvalue weighted by Gasteiger charge is -2.34. The van der Waals surface area contributed by atoms with Crippen molar-refractivity contribution >= 4 is 28.8 Å². The highest BCUT2D eigenvalue weighted by Crippen LogP contribution is 2.44. The number of benzene rings is 1. The molecule has 1 unspecified atom stereocenters. The van der Waals surface area contributed by atoms with E-state index < -0.39 is 0 Å². The average Bonchev–Trinajstić information content (AvgIpc) is 2.87. The number of nitrogens with two attached hydrogens (primary N) is 1. The molecule has 1 aliphatic carbocycles. The van der Waals surface area contributed by atoms with Crippen LogP contribution in [0, 0.1) is 0 Å². The second kappa shape index (κ2) is 14.7. The van der Waals surface area contributed by atoms with Gasteiger partial charge < -0.3 is 10.7 Å². The van der Waals surface area contributed by atoms with Crippen LogP contribution in [0.1, 0.15) is 85.5 Å². The second-order valence-corrected chi connectivity index (χ2v) is 10.5. The molecule has 7 heteroatoms. The van der Waals surface area contributed by atoms with Crippen molar-refractivity contribution in [1.29, 1.82) is 0 Å². The minimum absolute atomic E-state index is 0.0350. The third-order valence-electron chi connectivity index (χ3n) is 6.37. The molecule has 1 aromatic carbocycles. The first-order chi connectivity index (χ1) is 17.1. The van der Waals surface area contributed by atoms with E-state index in [0.29, 0.717) is 0 Å². The third kappa shape index (κ3) is 7.84. The van der Waals surface area contributed by atoms with E-state index in [1.807, 2.05) is 11.8 Å². The largest absolute Gasteiger partial charge is 0.310 e. The SMILES string of the molecule is CCCCNN(CCCC)c1ccc2c(c1)SC1=CC(N(NCCCC)C(N)CCC)=CCC1=N2. The quantitative estimate of drug-likeness (QED) is 0.135. The van der Waals surface area contributed by atoms with Crippen LogP contribution in [0.3, 0.4) is 0 Å². The van der Waals surface area contributed by atoms with Crippen molar-refractivity contribution in [2.45, 2.75) is 96.5 Å². The molecule has 0 aromatic heterocycles. The van der Waals surface area contributed by atoms with Gasteiger partial charge in [0, 0.05) is 35.9 Å². The molecule has 1 aliphatic heterocycles. The predicted octanol–water partition coefficient (Wildman–Crippen LogP) is 6.64. The van der Waals surface area contributed by atoms with E-state index >= 15 is 0 Å². The van der Waals surface area contributed by atoms with Crippen LogP contribution >= 0.6 is 11.8 Å². The molecule has 2 aliphatic rings. The maximum Gasteiger partial charge on any atom is 0.0923 e. The number of fused-ring (bicyclic) bond motifs is 2. The Morgan fingerprint density at radius 1 is 1.00 bits per heavy atom. The van der Waals surface area contributed by atoms with Gasteiger partial charge in [0.1, 0.15) is 0 Å². The van der Waals surface area contributed by atoms with Crippen molar-refractivity contribution in [3.63, 3.8) is 0 Å². The van der Waals surface area contributed by atoms with Crippen LogP contribution in [0.25, 0.3) is 0 Å². The number of rotatable bonds is 16. The molecule has 0 saturated heterocycles. The summed E-state index contributed by atoms with van der Waals surface area (Å²) in [7, 11) is 0. The first kappa shape index (κ1) is 27.8. The van der Waals surface area contributed by atoms with E-state index in [1.165, 1.54) is 47.6 Å². The van der Waals surface area contributed by atoms with Gasteiger partial charge in [-0.25, -0.2) is 10.9 Å². The fourth-order valence-electron chi connectivity index (χ4n) is 4.25. The molecule has 1 heterocycles. The highest BCUT2D eigenvalue weighted by Gasteiger charge is 2.25. The normalized spacial score (nSPS) is 15.5. The number of allylic oxidation sites excluding steroid dienone is 3. The van der Waals surface area contributed by atoms with Gasteiger partial charge in [-0.05, 0) is 50.0 Å². The first-order valence-corrected chi connectivity index (χ1v) is 14.5. The molecule has 194 valence electrons. The molecule has 0 fully saturated rings. The van der Waals surface area contributed by atoms with Crippen LogP contribution in [-0.4, -0.2) is 36.5 Å². The molecule has 1 atom stereocenters. The minimum atomic E-state index is -0.0350. The molecular formula is C28H46N6S. The molecule has 1 aromatic rings. The summed E-state index contributed by atoms with van der Waals surface area (Å²) in [6.07, 6.45) is 14.4. The lowest BCUT2D eigenvalue weighted by Crippen LogP contribution is -2.49. The van der Waals surface area contributed by atoms with Crippen LogP contribution < -0.4 is 21.6 Å². The summed E-state index contributed by atoms with van der Waals surface area (Å²) in [5, 5.41) is 4.50. The molecule has 0 spiro atoms. The van der Waals surface area contributed by atoms with Crippen LogP contribution in [0.4, 0.5) is 11.4 Å². The highest BCUT2D eigenvalue weighted by atomic mass is 32.2. The van der Waals surface area contributed by atoms with Crippen molar-refractivity contribution < 1.29 is 0 Å². The van der Waals surface area contributed by atoms with Gasteiger partial charge in [-0.2, -0.15) is 0 Å². The smallest absolute Gasteiger partial charge is 0.0923 e. The molecule has 3 rings (SSSR count). The monoisotopic (exact) mass is 498 g/mol. The fourth-order valence-corrected chi connectivity index (χ4v) is 5.31. The van der Waals surface area contributed by atoms with Crippen LogP contribution in [-0.2, 0) is 0 Å². The topological polar surface area (TPSA) is 68.9 Å². The lowest BCUT2D eigenvalue weighted by molar-refractivity contribution is 0.172. The third-order valence-corrected chi connectivity index (χ3v) is 7.49. The number of nitrogens with zero attached hydrogens (tertiary/aromatic N) is 3. The number of hydrogen-bond acceptors (Lipinski definition) is 7. The zero-order chi connectivity index (χ0) is 25.0. The van der Waals surface area contributed by atoms with Crippen LogP contribution in [0.5, 0.6) is 0 Å². The molecular weight excluding hydrogens is 452 g/mol. The van der Waals surface area contributed by atoms with E-state index in [-0.39, 0.29) is 6.17 Å². The fraction of sp³-hybridized carbons (Fsp3) is 0.607. The van der Waals surface area contributed by atoms with E-state index in [0.717, 1.165) is 62.4 Å². The Morgan fingerprint density at radius 3 is 2.46 bits per heavy atom. The summed E-state index contributed by atoms with van der Waals surface area (Å²) >= 11 is 1.84. The lowest BCUT2D eigenvalue weighted by atomic mass is 10.1. The summed E-state index contributed by atoms with van der Waals surface area (Å²) in [6, 6.07) is 6.69. The number of aliphatic imine (C=N–C) groups is 1. The molecule has 6 nitrogen and oxygen atoms in total. The average molecular weight is 499 g/mol. The summed E-state index contributed by atoms with van der Waals surface area (Å²) in [4.78, 5) is 7.49. The van der Waals surface area contributed by atoms with E-state index in [9.17, 15) is 0 Å². The van der Waals surface area contributed by atoms with E-state index in [4.69, 9.17) is 10.7 Å². The number of unbranched alkanes of at least 4 members (excludes halogenated alkanes) is 3. The van der Waals surface area contributed by atoms with Gasteiger partial charge in [0.25, 0.3) is 0 Å². The number of nitrogens with one attached hydrogen (secondary N) is 2. The van der Waals surface area contributed by atoms with Crippen molar-refractivity contribution in [1.82, 2.24) is 15.9 Å². The second-order valence-electron chi connectivity index (χ2n) is 9.41. The van der Waals surface area contributed by atoms with Crippen molar-refractivity contribution in [2.75, 3.05) is 24.6 Å². The Labute approximate surface area is 217 Å². The molecule has 0 saturated carbocycles. The minimum Gasteiger partial charge on any atom is -0.310 e. The molecule has 0 radical (unpaired) electrons. The summed E-state index contributed by atoms with van der Waals surface area (Å²) in [5.74, 6) is 0. The van der Waals surface area contributed by atoms with Crippen LogP contribution in [0.2, 0.25) is 0 Å². The molecule has 0 amide bonds. The summed E-state index contributed by atoms with van der Waals surface area (Å²) in [5.41, 5.74) is 18.4. The van der Waals surface area contributed by atoms with Gasteiger partial charge in [-0.15, -0.1) is 0 Å². The van der Waals surface area contributed by atoms with Crippen molar-refractivity contribution in [3.8, 4) is 0 Å². The number of anilines is 1. The first-order valence-electron chi connectivity index (χ1n) is 13.7. The Morgan fingerprint density at radius 2 is 1.74 bits per heavy atom. The van der Waals surface area contributed by atoms with Gasteiger partial charge in [0.05, 0.1) is 28.9 Å². The summed E-state index contributed by atoms with van der Waals surface area (Å²) < 4.78 is 0. The van der Waals surface area contributed by atoms with Crippen molar-refractivity contribution in [3.05, 3.63) is 41.0 Å². The zero-order valence-electron chi connectivity index (χ0n) is 22.3.